The first-order chi connectivity index (χ1) is 8.40. The van der Waals surface area contributed by atoms with Crippen LogP contribution in [-0.4, -0.2) is 17.4 Å². The Morgan fingerprint density at radius 2 is 1.59 bits per heavy atom. The molecular formula is C15H17GaN. The number of nitrogens with one attached hydrogen (secondary N) is 1. The van der Waals surface area contributed by atoms with Crippen molar-refractivity contribution in [2.45, 2.75) is 18.6 Å². The number of benzene rings is 2. The van der Waals surface area contributed by atoms with Crippen LogP contribution in [0.1, 0.15) is 11.1 Å². The Morgan fingerprint density at radius 1 is 0.882 bits per heavy atom. The van der Waals surface area contributed by atoms with Gasteiger partial charge in [0.1, 0.15) is 0 Å². The monoisotopic (exact) mass is 280 g/mol. The molecule has 2 aromatic rings. The third-order valence-electron chi connectivity index (χ3n) is 2.85. The van der Waals surface area contributed by atoms with E-state index in [1.54, 1.807) is 4.12 Å². The van der Waals surface area contributed by atoms with Crippen molar-refractivity contribution in [3.63, 3.8) is 0 Å². The van der Waals surface area contributed by atoms with Crippen molar-refractivity contribution in [1.29, 1.82) is 0 Å². The minimum atomic E-state index is -0.215. The van der Waals surface area contributed by atoms with E-state index in [4.69, 9.17) is 0 Å². The van der Waals surface area contributed by atoms with Crippen LogP contribution in [0.25, 0.3) is 0 Å². The number of hydrogen-bond donors (Lipinski definition) is 1. The first kappa shape index (κ1) is 12.5. The van der Waals surface area contributed by atoms with Crippen LogP contribution in [-0.2, 0) is 13.1 Å². The molecule has 0 aromatic heterocycles. The summed E-state index contributed by atoms with van der Waals surface area (Å²) in [6.45, 7) is 1.93. The molecule has 0 bridgehead atoms. The van der Waals surface area contributed by atoms with Gasteiger partial charge in [0.2, 0.25) is 0 Å². The van der Waals surface area contributed by atoms with E-state index in [-0.39, 0.29) is 17.4 Å². The molecule has 0 saturated carbocycles. The van der Waals surface area contributed by atoms with Crippen molar-refractivity contribution in [2.24, 2.45) is 0 Å². The SMILES string of the molecule is [CH3][Ga][c]1ccccc1CNCc1ccccc1. The molecule has 0 aliphatic rings. The van der Waals surface area contributed by atoms with Crippen LogP contribution in [0.15, 0.2) is 54.6 Å². The predicted molar refractivity (Wildman–Crippen MR) is 74.7 cm³/mol. The minimum absolute atomic E-state index is 0.215. The Kier molecular flexibility index (Phi) is 4.92. The molecule has 0 amide bonds. The van der Waals surface area contributed by atoms with Gasteiger partial charge >= 0.3 is 111 Å². The van der Waals surface area contributed by atoms with Crippen molar-refractivity contribution >= 4 is 21.5 Å². The molecule has 0 saturated heterocycles. The van der Waals surface area contributed by atoms with Crippen LogP contribution < -0.4 is 9.43 Å². The van der Waals surface area contributed by atoms with E-state index >= 15 is 0 Å². The first-order valence-electron chi connectivity index (χ1n) is 6.02. The molecule has 0 spiro atoms. The second-order valence-corrected chi connectivity index (χ2v) is 6.59. The maximum atomic E-state index is 3.52. The van der Waals surface area contributed by atoms with Crippen LogP contribution in [0.5, 0.6) is 0 Å². The second-order valence-electron chi connectivity index (χ2n) is 4.08. The Bertz CT molecular complexity index is 453. The molecule has 0 fully saturated rings. The van der Waals surface area contributed by atoms with Gasteiger partial charge in [-0.1, -0.05) is 0 Å². The average Bonchev–Trinajstić information content (AvgIpc) is 2.40. The van der Waals surface area contributed by atoms with Gasteiger partial charge in [-0.05, 0) is 0 Å². The van der Waals surface area contributed by atoms with Crippen molar-refractivity contribution in [3.8, 4) is 0 Å². The zero-order chi connectivity index (χ0) is 11.9. The van der Waals surface area contributed by atoms with E-state index in [9.17, 15) is 0 Å². The standard InChI is InChI=1S/C14H14N.CH3.Ga/c1-3-7-13(8-4-1)11-15-12-14-9-5-2-6-10-14;;/h1-9,15H,11-12H2;1H3;. The van der Waals surface area contributed by atoms with Gasteiger partial charge in [0.05, 0.1) is 0 Å². The molecule has 1 radical (unpaired) electrons. The topological polar surface area (TPSA) is 12.0 Å². The summed E-state index contributed by atoms with van der Waals surface area (Å²) in [4.78, 5) is 0. The molecule has 1 nitrogen and oxygen atoms in total. The van der Waals surface area contributed by atoms with Gasteiger partial charge in [0.25, 0.3) is 0 Å². The summed E-state index contributed by atoms with van der Waals surface area (Å²) in [5.41, 5.74) is 5.19. The Labute approximate surface area is 111 Å². The van der Waals surface area contributed by atoms with Gasteiger partial charge < -0.3 is 0 Å². The van der Waals surface area contributed by atoms with Crippen LogP contribution in [0.3, 0.4) is 0 Å². The van der Waals surface area contributed by atoms with E-state index in [2.05, 4.69) is 65.4 Å². The Morgan fingerprint density at radius 3 is 2.35 bits per heavy atom. The zero-order valence-corrected chi connectivity index (χ0v) is 12.6. The van der Waals surface area contributed by atoms with E-state index in [0.29, 0.717) is 0 Å². The van der Waals surface area contributed by atoms with Crippen molar-refractivity contribution in [1.82, 2.24) is 5.32 Å². The molecule has 0 unspecified atom stereocenters. The summed E-state index contributed by atoms with van der Waals surface area (Å²) in [5.74, 6) is 0. The summed E-state index contributed by atoms with van der Waals surface area (Å²) in [6.07, 6.45) is 0. The van der Waals surface area contributed by atoms with Crippen molar-refractivity contribution in [3.05, 3.63) is 65.7 Å². The first-order valence-corrected chi connectivity index (χ1v) is 9.65. The predicted octanol–water partition coefficient (Wildman–Crippen LogP) is 2.35. The van der Waals surface area contributed by atoms with E-state index in [1.165, 1.54) is 11.1 Å². The molecule has 1 N–H and O–H groups in total. The summed E-state index contributed by atoms with van der Waals surface area (Å²) in [7, 11) is 0. The van der Waals surface area contributed by atoms with E-state index in [0.717, 1.165) is 13.1 Å². The summed E-state index contributed by atoms with van der Waals surface area (Å²) >= 11 is -0.215. The molecule has 0 atom stereocenters. The molecule has 2 heteroatoms. The molecule has 0 heterocycles. The molecule has 85 valence electrons. The van der Waals surface area contributed by atoms with Crippen LogP contribution in [0, 0.1) is 0 Å². The zero-order valence-electron chi connectivity index (χ0n) is 10.2. The summed E-state index contributed by atoms with van der Waals surface area (Å²) < 4.78 is 1.59. The second kappa shape index (κ2) is 6.69. The molecule has 0 aliphatic heterocycles. The Hall–Kier alpha value is -0.964. The fraction of sp³-hybridized carbons (Fsp3) is 0.200. The van der Waals surface area contributed by atoms with E-state index in [1.807, 2.05) is 0 Å². The number of hydrogen-bond acceptors (Lipinski definition) is 1. The van der Waals surface area contributed by atoms with Gasteiger partial charge in [-0.3, -0.25) is 0 Å². The van der Waals surface area contributed by atoms with E-state index < -0.39 is 0 Å². The molecule has 2 aromatic carbocycles. The van der Waals surface area contributed by atoms with Crippen LogP contribution in [0.4, 0.5) is 0 Å². The molecule has 17 heavy (non-hydrogen) atoms. The molecule has 2 rings (SSSR count). The van der Waals surface area contributed by atoms with Gasteiger partial charge in [-0.2, -0.15) is 0 Å². The van der Waals surface area contributed by atoms with Gasteiger partial charge in [0, 0.05) is 0 Å². The van der Waals surface area contributed by atoms with Gasteiger partial charge in [0.15, 0.2) is 0 Å². The third-order valence-corrected chi connectivity index (χ3v) is 5.34. The molecule has 0 aliphatic carbocycles. The van der Waals surface area contributed by atoms with Crippen molar-refractivity contribution in [2.75, 3.05) is 0 Å². The normalized spacial score (nSPS) is 10.2. The summed E-state index contributed by atoms with van der Waals surface area (Å²) in [5, 5.41) is 3.52. The number of rotatable bonds is 5. The summed E-state index contributed by atoms with van der Waals surface area (Å²) in [6, 6.07) is 19.4. The van der Waals surface area contributed by atoms with Crippen LogP contribution >= 0.6 is 0 Å². The Balaban J connectivity index is 1.90. The van der Waals surface area contributed by atoms with Crippen LogP contribution in [0.2, 0.25) is 5.48 Å². The van der Waals surface area contributed by atoms with Gasteiger partial charge in [-0.25, -0.2) is 0 Å². The average molecular weight is 281 g/mol. The molecular weight excluding hydrogens is 264 g/mol. The quantitative estimate of drug-likeness (QED) is 0.830. The fourth-order valence-corrected chi connectivity index (χ4v) is 3.75. The fourth-order valence-electron chi connectivity index (χ4n) is 1.91. The van der Waals surface area contributed by atoms with Gasteiger partial charge in [-0.15, -0.1) is 0 Å². The maximum absolute atomic E-state index is 3.52. The third kappa shape index (κ3) is 3.77. The van der Waals surface area contributed by atoms with Crippen molar-refractivity contribution < 1.29 is 0 Å².